The molecule has 0 aromatic heterocycles. The van der Waals surface area contributed by atoms with Crippen molar-refractivity contribution in [3.8, 4) is 11.5 Å². The average Bonchev–Trinajstić information content (AvgIpc) is 2.87. The molecule has 0 radical (unpaired) electrons. The number of aliphatic hydroxyl groups excluding tert-OH is 2. The van der Waals surface area contributed by atoms with Crippen molar-refractivity contribution in [1.82, 2.24) is 5.32 Å². The molecule has 0 aliphatic heterocycles. The summed E-state index contributed by atoms with van der Waals surface area (Å²) in [5, 5.41) is 35.2. The summed E-state index contributed by atoms with van der Waals surface area (Å²) in [5.74, 6) is 0.684. The molecule has 3 aromatic rings. The standard InChI is InChI=1S/C28H34N2O6/c1-20(32)30-25-4-2-3-22(15-25)19-35-13-14-36-26-8-5-21(6-9-26)11-12-29-17-28(34)23-7-10-27(33)24(16-23)18-31/h2-10,15-16,28-29,31,33-34H,11-14,17-19H2,1H3,(H,30,32)/t28-/m0/s1. The largest absolute Gasteiger partial charge is 0.508 e. The van der Waals surface area contributed by atoms with Crippen molar-refractivity contribution in [2.75, 3.05) is 31.6 Å². The van der Waals surface area contributed by atoms with Gasteiger partial charge in [0.2, 0.25) is 5.91 Å². The molecule has 3 rings (SSSR count). The number of aromatic hydroxyl groups is 1. The fourth-order valence-corrected chi connectivity index (χ4v) is 3.63. The van der Waals surface area contributed by atoms with Crippen molar-refractivity contribution >= 4 is 11.6 Å². The van der Waals surface area contributed by atoms with Crippen molar-refractivity contribution in [3.05, 3.63) is 89.0 Å². The van der Waals surface area contributed by atoms with Crippen LogP contribution >= 0.6 is 0 Å². The minimum Gasteiger partial charge on any atom is -0.508 e. The maximum Gasteiger partial charge on any atom is 0.221 e. The molecule has 0 fully saturated rings. The van der Waals surface area contributed by atoms with Gasteiger partial charge >= 0.3 is 0 Å². The quantitative estimate of drug-likeness (QED) is 0.218. The SMILES string of the molecule is CC(=O)Nc1cccc(COCCOc2ccc(CCNC[C@H](O)c3ccc(O)c(CO)c3)cc2)c1. The average molecular weight is 495 g/mol. The number of hydrogen-bond donors (Lipinski definition) is 5. The van der Waals surface area contributed by atoms with Crippen LogP contribution in [0, 0.1) is 0 Å². The Hall–Kier alpha value is -3.43. The first-order chi connectivity index (χ1) is 17.4. The number of ether oxygens (including phenoxy) is 2. The molecule has 0 saturated carbocycles. The zero-order valence-electron chi connectivity index (χ0n) is 20.4. The number of amides is 1. The normalized spacial score (nSPS) is 11.8. The van der Waals surface area contributed by atoms with Crippen LogP contribution in [0.25, 0.3) is 0 Å². The van der Waals surface area contributed by atoms with Gasteiger partial charge in [0.05, 0.1) is 25.9 Å². The predicted octanol–water partition coefficient (Wildman–Crippen LogP) is 3.30. The summed E-state index contributed by atoms with van der Waals surface area (Å²) >= 11 is 0. The molecule has 0 bridgehead atoms. The fraction of sp³-hybridized carbons (Fsp3) is 0.321. The van der Waals surface area contributed by atoms with E-state index in [9.17, 15) is 20.1 Å². The fourth-order valence-electron chi connectivity index (χ4n) is 3.63. The molecular formula is C28H34N2O6. The molecule has 8 nitrogen and oxygen atoms in total. The van der Waals surface area contributed by atoms with E-state index in [1.807, 2.05) is 48.5 Å². The zero-order valence-corrected chi connectivity index (χ0v) is 20.4. The second kappa shape index (κ2) is 14.2. The molecule has 1 atom stereocenters. The van der Waals surface area contributed by atoms with E-state index in [0.717, 1.165) is 29.0 Å². The number of anilines is 1. The number of carbonyl (C=O) groups is 1. The molecule has 36 heavy (non-hydrogen) atoms. The predicted molar refractivity (Wildman–Crippen MR) is 138 cm³/mol. The van der Waals surface area contributed by atoms with E-state index >= 15 is 0 Å². The van der Waals surface area contributed by atoms with Crippen LogP contribution in [-0.2, 0) is 29.2 Å². The Morgan fingerprint density at radius 2 is 1.81 bits per heavy atom. The van der Waals surface area contributed by atoms with Crippen molar-refractivity contribution in [2.45, 2.75) is 32.7 Å². The molecule has 0 unspecified atom stereocenters. The van der Waals surface area contributed by atoms with Gasteiger partial charge in [-0.2, -0.15) is 0 Å². The van der Waals surface area contributed by atoms with E-state index in [0.29, 0.717) is 44.0 Å². The lowest BCUT2D eigenvalue weighted by Crippen LogP contribution is -2.23. The van der Waals surface area contributed by atoms with Crippen LogP contribution < -0.4 is 15.4 Å². The van der Waals surface area contributed by atoms with Crippen LogP contribution in [0.5, 0.6) is 11.5 Å². The highest BCUT2D eigenvalue weighted by molar-refractivity contribution is 5.88. The van der Waals surface area contributed by atoms with Gasteiger partial charge < -0.3 is 35.4 Å². The Labute approximate surface area is 211 Å². The number of aliphatic hydroxyl groups is 2. The summed E-state index contributed by atoms with van der Waals surface area (Å²) in [6.07, 6.45) is 0.0699. The lowest BCUT2D eigenvalue weighted by molar-refractivity contribution is -0.114. The molecule has 192 valence electrons. The van der Waals surface area contributed by atoms with Crippen molar-refractivity contribution in [2.24, 2.45) is 0 Å². The first-order valence-electron chi connectivity index (χ1n) is 11.9. The first kappa shape index (κ1) is 27.2. The minimum absolute atomic E-state index is 0.0203. The van der Waals surface area contributed by atoms with Crippen LogP contribution in [0.4, 0.5) is 5.69 Å². The highest BCUT2D eigenvalue weighted by Gasteiger charge is 2.10. The third-order valence-corrected chi connectivity index (χ3v) is 5.52. The second-order valence-corrected chi connectivity index (χ2v) is 8.44. The van der Waals surface area contributed by atoms with Gasteiger partial charge in [-0.1, -0.05) is 30.3 Å². The van der Waals surface area contributed by atoms with Gasteiger partial charge in [-0.25, -0.2) is 0 Å². The second-order valence-electron chi connectivity index (χ2n) is 8.44. The Balaban J connectivity index is 1.31. The Morgan fingerprint density at radius 3 is 2.56 bits per heavy atom. The van der Waals surface area contributed by atoms with E-state index in [2.05, 4.69) is 10.6 Å². The molecule has 3 aromatic carbocycles. The van der Waals surface area contributed by atoms with Gasteiger partial charge in [0, 0.05) is 24.7 Å². The third kappa shape index (κ3) is 8.98. The van der Waals surface area contributed by atoms with Crippen LogP contribution in [0.1, 0.15) is 35.3 Å². The van der Waals surface area contributed by atoms with Gasteiger partial charge in [-0.15, -0.1) is 0 Å². The van der Waals surface area contributed by atoms with Gasteiger partial charge in [0.1, 0.15) is 18.1 Å². The van der Waals surface area contributed by atoms with E-state index in [4.69, 9.17) is 9.47 Å². The van der Waals surface area contributed by atoms with Crippen molar-refractivity contribution < 1.29 is 29.6 Å². The number of nitrogens with one attached hydrogen (secondary N) is 2. The van der Waals surface area contributed by atoms with Crippen molar-refractivity contribution in [3.63, 3.8) is 0 Å². The maximum atomic E-state index is 11.2. The third-order valence-electron chi connectivity index (χ3n) is 5.52. The van der Waals surface area contributed by atoms with Crippen LogP contribution in [0.2, 0.25) is 0 Å². The van der Waals surface area contributed by atoms with E-state index in [-0.39, 0.29) is 18.3 Å². The summed E-state index contributed by atoms with van der Waals surface area (Å²) in [4.78, 5) is 11.2. The minimum atomic E-state index is -0.727. The van der Waals surface area contributed by atoms with Crippen LogP contribution in [-0.4, -0.2) is 47.5 Å². The Kier molecular flexibility index (Phi) is 10.7. The number of rotatable bonds is 14. The molecule has 8 heteroatoms. The van der Waals surface area contributed by atoms with E-state index in [1.54, 1.807) is 12.1 Å². The molecule has 0 saturated heterocycles. The molecule has 0 heterocycles. The summed E-state index contributed by atoms with van der Waals surface area (Å²) in [7, 11) is 0. The van der Waals surface area contributed by atoms with E-state index < -0.39 is 6.10 Å². The molecule has 5 N–H and O–H groups in total. The summed E-state index contributed by atoms with van der Waals surface area (Å²) < 4.78 is 11.4. The van der Waals surface area contributed by atoms with Gasteiger partial charge in [0.15, 0.2) is 0 Å². The Bertz CT molecular complexity index is 1100. The molecular weight excluding hydrogens is 460 g/mol. The van der Waals surface area contributed by atoms with Gasteiger partial charge in [-0.3, -0.25) is 4.79 Å². The first-order valence-corrected chi connectivity index (χ1v) is 11.9. The van der Waals surface area contributed by atoms with Crippen LogP contribution in [0.3, 0.4) is 0 Å². The van der Waals surface area contributed by atoms with E-state index in [1.165, 1.54) is 13.0 Å². The molecule has 0 aliphatic rings. The smallest absolute Gasteiger partial charge is 0.221 e. The lowest BCUT2D eigenvalue weighted by atomic mass is 10.1. The zero-order chi connectivity index (χ0) is 25.8. The number of phenols is 1. The maximum absolute atomic E-state index is 11.2. The topological polar surface area (TPSA) is 120 Å². The molecule has 0 aliphatic carbocycles. The van der Waals surface area contributed by atoms with Crippen LogP contribution in [0.15, 0.2) is 66.7 Å². The van der Waals surface area contributed by atoms with Crippen molar-refractivity contribution in [1.29, 1.82) is 0 Å². The lowest BCUT2D eigenvalue weighted by Gasteiger charge is -2.14. The number of carbonyl (C=O) groups excluding carboxylic acids is 1. The molecule has 1 amide bonds. The highest BCUT2D eigenvalue weighted by Crippen LogP contribution is 2.22. The highest BCUT2D eigenvalue weighted by atomic mass is 16.5. The number of hydrogen-bond acceptors (Lipinski definition) is 7. The summed E-state index contributed by atoms with van der Waals surface area (Å²) in [6, 6.07) is 20.2. The molecule has 0 spiro atoms. The summed E-state index contributed by atoms with van der Waals surface area (Å²) in [6.45, 7) is 3.58. The Morgan fingerprint density at radius 1 is 1.00 bits per heavy atom. The van der Waals surface area contributed by atoms with Gasteiger partial charge in [-0.05, 0) is 66.1 Å². The number of benzene rings is 3. The monoisotopic (exact) mass is 494 g/mol. The van der Waals surface area contributed by atoms with Gasteiger partial charge in [0.25, 0.3) is 0 Å². The summed E-state index contributed by atoms with van der Waals surface area (Å²) in [5.41, 5.74) is 3.92.